The number of aromatic nitrogens is 8. The molecule has 3 fully saturated rings. The first-order valence-corrected chi connectivity index (χ1v) is 18.3. The molecule has 4 aromatic heterocycles. The smallest absolute Gasteiger partial charge is 0.382 e. The van der Waals surface area contributed by atoms with Crippen molar-refractivity contribution < 1.29 is 45.5 Å². The van der Waals surface area contributed by atoms with Gasteiger partial charge in [-0.3, -0.25) is 37.0 Å². The number of thiol groups is 2. The van der Waals surface area contributed by atoms with Gasteiger partial charge >= 0.3 is 13.6 Å². The normalized spacial score (nSPS) is 37.7. The van der Waals surface area contributed by atoms with Crippen molar-refractivity contribution in [2.45, 2.75) is 49.2 Å². The topological polar surface area (TPSA) is 249 Å². The Kier molecular flexibility index (Phi) is 7.70. The van der Waals surface area contributed by atoms with Gasteiger partial charge in [-0.1, -0.05) is 24.5 Å². The summed E-state index contributed by atoms with van der Waals surface area (Å²) in [5.74, 6) is -0.234. The van der Waals surface area contributed by atoms with E-state index in [4.69, 9.17) is 39.0 Å². The molecule has 0 radical (unpaired) electrons. The van der Waals surface area contributed by atoms with Crippen LogP contribution in [0.1, 0.15) is 12.5 Å². The third-order valence-electron chi connectivity index (χ3n) is 7.23. The molecular formula is C20H22F2N10O9P2S2. The lowest BCUT2D eigenvalue weighted by Gasteiger charge is -2.26. The monoisotopic (exact) mass is 710 g/mol. The van der Waals surface area contributed by atoms with Crippen LogP contribution in [0, 0.1) is 0 Å². The number of fused-ring (bicyclic) bond motifs is 5. The molecule has 0 aliphatic carbocycles. The first kappa shape index (κ1) is 30.9. The predicted octanol–water partition coefficient (Wildman–Crippen LogP) is 1.49. The van der Waals surface area contributed by atoms with Crippen molar-refractivity contribution in [3.05, 3.63) is 29.3 Å². The number of rotatable bonds is 2. The predicted molar refractivity (Wildman–Crippen MR) is 155 cm³/mol. The molecule has 25 heteroatoms. The Morgan fingerprint density at radius 2 is 1.47 bits per heavy atom. The van der Waals surface area contributed by atoms with Crippen molar-refractivity contribution in [2.75, 3.05) is 24.7 Å². The lowest BCUT2D eigenvalue weighted by Crippen LogP contribution is -2.33. The number of aromatic amines is 1. The van der Waals surface area contributed by atoms with Crippen molar-refractivity contribution in [3.8, 4) is 0 Å². The van der Waals surface area contributed by atoms with E-state index in [9.17, 15) is 13.9 Å². The number of halogens is 2. The Labute approximate surface area is 259 Å². The molecule has 0 aromatic carbocycles. The Hall–Kier alpha value is -2.72. The molecule has 7 rings (SSSR count). The summed E-state index contributed by atoms with van der Waals surface area (Å²) in [4.78, 5) is 34.5. The summed E-state index contributed by atoms with van der Waals surface area (Å²) in [6, 6.07) is 0. The molecule has 10 atom stereocenters. The van der Waals surface area contributed by atoms with Crippen LogP contribution < -0.4 is 17.0 Å². The van der Waals surface area contributed by atoms with Gasteiger partial charge in [0.25, 0.3) is 5.56 Å². The van der Waals surface area contributed by atoms with Gasteiger partial charge in [0.2, 0.25) is 5.95 Å². The van der Waals surface area contributed by atoms with Gasteiger partial charge in [-0.25, -0.2) is 37.8 Å². The standard InChI is InChI=1S/C20H22F2N10O9P2S2/c21-8-6-1-36-42(34,44)40-12-7(39-18(9(12)22)32-5-28-11-16(32)29-20(24)30-17(11)33)2-37-43(35,45)41-13(8)19(38-6)31-4-27-10-14(23)25-3-26-15(10)31/h3-9,12-13,18-19H,1-2H2,(H,34,44)(H,35,45)(H2,23,25,26)(H3,24,29,30,33)/t6?,7-,8-,9-,12-,13-,18-,19-,42-,43-/m1/s1. The fraction of sp³-hybridized carbons (Fsp3) is 0.500. The second-order valence-corrected chi connectivity index (χ2v) is 15.8. The molecule has 19 nitrogen and oxygen atoms in total. The molecule has 2 bridgehead atoms. The van der Waals surface area contributed by atoms with Gasteiger partial charge in [-0.05, 0) is 0 Å². The molecule has 7 heterocycles. The van der Waals surface area contributed by atoms with Crippen LogP contribution in [-0.2, 0) is 36.7 Å². The number of H-pyrrole nitrogens is 1. The van der Waals surface area contributed by atoms with Crippen LogP contribution >= 0.6 is 38.1 Å². The zero-order chi connectivity index (χ0) is 31.8. The minimum atomic E-state index is -4.48. The molecule has 1 unspecified atom stereocenters. The summed E-state index contributed by atoms with van der Waals surface area (Å²) in [5.41, 5.74) is 10.8. The average Bonchev–Trinajstić information content (AvgIpc) is 3.72. The minimum absolute atomic E-state index is 0.0368. The van der Waals surface area contributed by atoms with E-state index < -0.39 is 81.6 Å². The van der Waals surface area contributed by atoms with Crippen LogP contribution in [0.3, 0.4) is 0 Å². The summed E-state index contributed by atoms with van der Waals surface area (Å²) in [6.45, 7) is -10.4. The third kappa shape index (κ3) is 5.53. The number of hydrogen-bond donors (Lipinski definition) is 5. The Bertz CT molecular complexity index is 1950. The summed E-state index contributed by atoms with van der Waals surface area (Å²) in [5, 5.41) is 0. The first-order valence-electron chi connectivity index (χ1n) is 12.9. The first-order chi connectivity index (χ1) is 21.3. The molecule has 0 amide bonds. The molecule has 3 saturated heterocycles. The largest absolute Gasteiger partial charge is 0.386 e. The van der Waals surface area contributed by atoms with Crippen molar-refractivity contribution in [1.82, 2.24) is 39.0 Å². The number of nitrogens with two attached hydrogens (primary N) is 2. The van der Waals surface area contributed by atoms with Gasteiger partial charge in [-0.15, -0.1) is 0 Å². The molecule has 3 aliphatic rings. The second-order valence-electron chi connectivity index (χ2n) is 10.0. The molecule has 3 aliphatic heterocycles. The lowest BCUT2D eigenvalue weighted by molar-refractivity contribution is -0.0563. The highest BCUT2D eigenvalue weighted by atomic mass is 32.7. The maximum atomic E-state index is 16.0. The van der Waals surface area contributed by atoms with Gasteiger partial charge in [0.05, 0.1) is 25.9 Å². The van der Waals surface area contributed by atoms with E-state index in [0.717, 1.165) is 17.2 Å². The highest BCUT2D eigenvalue weighted by Crippen LogP contribution is 2.60. The summed E-state index contributed by atoms with van der Waals surface area (Å²) >= 11 is 7.94. The van der Waals surface area contributed by atoms with E-state index >= 15 is 8.78 Å². The van der Waals surface area contributed by atoms with Crippen LogP contribution in [-0.4, -0.2) is 89.0 Å². The maximum Gasteiger partial charge on any atom is 0.386 e. The van der Waals surface area contributed by atoms with Crippen molar-refractivity contribution in [2.24, 2.45) is 0 Å². The maximum absolute atomic E-state index is 16.0. The molecule has 4 aromatic rings. The Morgan fingerprint density at radius 3 is 2.20 bits per heavy atom. The van der Waals surface area contributed by atoms with Gasteiger partial charge in [0.15, 0.2) is 47.4 Å². The zero-order valence-electron chi connectivity index (χ0n) is 22.3. The van der Waals surface area contributed by atoms with Gasteiger partial charge < -0.3 is 20.9 Å². The molecule has 45 heavy (non-hydrogen) atoms. The number of imidazole rings is 2. The number of alkyl halides is 2. The van der Waals surface area contributed by atoms with Crippen LogP contribution in [0.5, 0.6) is 0 Å². The number of nitrogens with zero attached hydrogens (tertiary/aromatic N) is 7. The molecule has 0 saturated carbocycles. The number of nitrogens with one attached hydrogen (secondary N) is 1. The number of ether oxygens (including phenoxy) is 2. The van der Waals surface area contributed by atoms with Gasteiger partial charge in [0.1, 0.15) is 36.3 Å². The highest BCUT2D eigenvalue weighted by Gasteiger charge is 2.54. The molecular weight excluding hydrogens is 688 g/mol. The van der Waals surface area contributed by atoms with Crippen molar-refractivity contribution in [1.29, 1.82) is 0 Å². The van der Waals surface area contributed by atoms with E-state index in [1.807, 2.05) is 0 Å². The summed E-state index contributed by atoms with van der Waals surface area (Å²) in [6.07, 6.45) is -9.99. The fourth-order valence-electron chi connectivity index (χ4n) is 5.23. The van der Waals surface area contributed by atoms with Crippen LogP contribution in [0.25, 0.3) is 22.3 Å². The second kappa shape index (κ2) is 11.2. The minimum Gasteiger partial charge on any atom is -0.382 e. The molecule has 0 spiro atoms. The average molecular weight is 711 g/mol. The van der Waals surface area contributed by atoms with Crippen molar-refractivity contribution in [3.63, 3.8) is 0 Å². The number of nitrogen functional groups attached to an aromatic ring is 2. The van der Waals surface area contributed by atoms with E-state index in [2.05, 4.69) is 54.4 Å². The number of anilines is 2. The zero-order valence-corrected chi connectivity index (χ0v) is 25.8. The molecule has 242 valence electrons. The van der Waals surface area contributed by atoms with E-state index in [-0.39, 0.29) is 34.1 Å². The summed E-state index contributed by atoms with van der Waals surface area (Å²) < 4.78 is 94.2. The lowest BCUT2D eigenvalue weighted by atomic mass is 10.1. The molecule has 5 N–H and O–H groups in total. The van der Waals surface area contributed by atoms with E-state index in [1.165, 1.54) is 10.9 Å². The van der Waals surface area contributed by atoms with Gasteiger partial charge in [0, 0.05) is 0 Å². The quantitative estimate of drug-likeness (QED) is 0.146. The third-order valence-corrected chi connectivity index (χ3v) is 10.5. The SMILES string of the molecule is Nc1nc2c(ncn2[C@@H]2O[C@@H]3CO[P@@](=O)(S)O[C@@H]4[C@H](F)C(CO[P@@](=O)(S)O[C@H]3[C@H]2F)O[C@H]4n2cnc3c(N)ncnc32)c(=O)[nH]1. The Balaban J connectivity index is 1.21. The fourth-order valence-corrected chi connectivity index (χ4v) is 8.17. The summed E-state index contributed by atoms with van der Waals surface area (Å²) in [7, 11) is 0. The van der Waals surface area contributed by atoms with E-state index in [0.29, 0.717) is 0 Å². The van der Waals surface area contributed by atoms with Crippen molar-refractivity contribution >= 4 is 72.2 Å². The van der Waals surface area contributed by atoms with Gasteiger partial charge in [-0.2, -0.15) is 4.98 Å². The van der Waals surface area contributed by atoms with E-state index in [1.54, 1.807) is 0 Å². The van der Waals surface area contributed by atoms with Crippen LogP contribution in [0.4, 0.5) is 20.5 Å². The van der Waals surface area contributed by atoms with Crippen LogP contribution in [0.15, 0.2) is 23.8 Å². The number of hydrogen-bond acceptors (Lipinski definition) is 16. The highest BCUT2D eigenvalue weighted by molar-refractivity contribution is 8.44. The van der Waals surface area contributed by atoms with Crippen LogP contribution in [0.2, 0.25) is 0 Å². The Morgan fingerprint density at radius 1 is 0.844 bits per heavy atom.